The quantitative estimate of drug-likeness (QED) is 0.186. The van der Waals surface area contributed by atoms with E-state index in [2.05, 4.69) is 52.0 Å². The van der Waals surface area contributed by atoms with Crippen LogP contribution in [0.3, 0.4) is 0 Å². The molecule has 0 aliphatic carbocycles. The zero-order chi connectivity index (χ0) is 20.5. The lowest BCUT2D eigenvalue weighted by Gasteiger charge is -2.11. The molecule has 2 N–H and O–H groups in total. The Morgan fingerprint density at radius 1 is 1.10 bits per heavy atom. The highest BCUT2D eigenvalue weighted by Gasteiger charge is 2.08. The highest BCUT2D eigenvalue weighted by atomic mass is 127. The number of rotatable bonds is 9. The number of hydrogen-bond acceptors (Lipinski definition) is 4. The molecule has 0 bridgehead atoms. The smallest absolute Gasteiger partial charge is 0.191 e. The molecule has 0 saturated carbocycles. The molecule has 6 nitrogen and oxygen atoms in total. The van der Waals surface area contributed by atoms with Gasteiger partial charge in [0.2, 0.25) is 0 Å². The van der Waals surface area contributed by atoms with Crippen molar-refractivity contribution in [2.24, 2.45) is 4.99 Å². The molecule has 0 unspecified atom stereocenters. The molecular formula is C23H31IN4O2. The van der Waals surface area contributed by atoms with Gasteiger partial charge in [-0.2, -0.15) is 0 Å². The first kappa shape index (κ1) is 24.0. The Labute approximate surface area is 195 Å². The zero-order valence-corrected chi connectivity index (χ0v) is 20.2. The number of aryl methyl sites for hydroxylation is 2. The number of benzene rings is 2. The number of ether oxygens (including phenoxy) is 1. The van der Waals surface area contributed by atoms with Crippen molar-refractivity contribution in [1.29, 1.82) is 0 Å². The monoisotopic (exact) mass is 522 g/mol. The van der Waals surface area contributed by atoms with Gasteiger partial charge >= 0.3 is 0 Å². The Bertz CT molecular complexity index is 936. The number of aromatic nitrogens is 1. The fraction of sp³-hybridized carbons (Fsp3) is 0.391. The minimum absolute atomic E-state index is 0. The first-order valence-corrected chi connectivity index (χ1v) is 10.2. The fourth-order valence-corrected chi connectivity index (χ4v) is 3.21. The van der Waals surface area contributed by atoms with Crippen LogP contribution in [-0.2, 0) is 6.42 Å². The van der Waals surface area contributed by atoms with Crippen LogP contribution in [-0.4, -0.2) is 37.4 Å². The van der Waals surface area contributed by atoms with Gasteiger partial charge in [0.15, 0.2) is 5.96 Å². The lowest BCUT2D eigenvalue weighted by Crippen LogP contribution is -2.38. The maximum Gasteiger partial charge on any atom is 0.191 e. The molecule has 0 saturated heterocycles. The van der Waals surface area contributed by atoms with Gasteiger partial charge in [-0.05, 0) is 50.1 Å². The molecule has 0 spiro atoms. The summed E-state index contributed by atoms with van der Waals surface area (Å²) < 4.78 is 11.1. The van der Waals surface area contributed by atoms with Crippen molar-refractivity contribution >= 4 is 40.7 Å². The third-order valence-corrected chi connectivity index (χ3v) is 4.75. The first-order valence-electron chi connectivity index (χ1n) is 10.2. The average molecular weight is 522 g/mol. The van der Waals surface area contributed by atoms with Crippen LogP contribution in [0, 0.1) is 13.8 Å². The molecule has 162 valence electrons. The van der Waals surface area contributed by atoms with Crippen molar-refractivity contribution in [2.75, 3.05) is 26.2 Å². The number of halogens is 1. The standard InChI is InChI=1S/C23H30N4O2.HI/c1-4-24-23(26-14-12-22-17(2)27-29-18(22)3)25-13-7-15-28-21-11-10-19-8-5-6-9-20(19)16-21;/h5-6,8-11,16H,4,7,12-15H2,1-3H3,(H2,24,25,26);1H. The molecule has 3 aromatic rings. The molecule has 0 atom stereocenters. The summed E-state index contributed by atoms with van der Waals surface area (Å²) in [5.74, 6) is 2.61. The maximum atomic E-state index is 5.88. The van der Waals surface area contributed by atoms with Crippen LogP contribution in [0.1, 0.15) is 30.4 Å². The Hall–Kier alpha value is -2.29. The topological polar surface area (TPSA) is 71.7 Å². The fourth-order valence-electron chi connectivity index (χ4n) is 3.21. The van der Waals surface area contributed by atoms with E-state index in [0.717, 1.165) is 54.7 Å². The summed E-state index contributed by atoms with van der Waals surface area (Å²) in [5, 5.41) is 13.1. The highest BCUT2D eigenvalue weighted by molar-refractivity contribution is 14.0. The van der Waals surface area contributed by atoms with E-state index < -0.39 is 0 Å². The molecule has 7 heteroatoms. The van der Waals surface area contributed by atoms with E-state index in [1.807, 2.05) is 32.0 Å². The predicted molar refractivity (Wildman–Crippen MR) is 133 cm³/mol. The zero-order valence-electron chi connectivity index (χ0n) is 17.9. The summed E-state index contributed by atoms with van der Waals surface area (Å²) in [5.41, 5.74) is 2.12. The van der Waals surface area contributed by atoms with E-state index in [1.54, 1.807) is 0 Å². The van der Waals surface area contributed by atoms with Crippen LogP contribution in [0.25, 0.3) is 10.8 Å². The SMILES string of the molecule is CCNC(=NCCCOc1ccc2ccccc2c1)NCCc1c(C)noc1C.I. The van der Waals surface area contributed by atoms with Crippen LogP contribution in [0.2, 0.25) is 0 Å². The third kappa shape index (κ3) is 6.90. The average Bonchev–Trinajstić information content (AvgIpc) is 3.05. The van der Waals surface area contributed by atoms with Crippen molar-refractivity contribution < 1.29 is 9.26 Å². The lowest BCUT2D eigenvalue weighted by atomic mass is 10.1. The summed E-state index contributed by atoms with van der Waals surface area (Å²) in [6, 6.07) is 14.5. The molecule has 1 heterocycles. The molecule has 3 rings (SSSR count). The molecule has 0 aliphatic heterocycles. The van der Waals surface area contributed by atoms with Gasteiger partial charge in [-0.3, -0.25) is 4.99 Å². The lowest BCUT2D eigenvalue weighted by molar-refractivity contribution is 0.314. The number of nitrogens with one attached hydrogen (secondary N) is 2. The van der Waals surface area contributed by atoms with Crippen LogP contribution < -0.4 is 15.4 Å². The van der Waals surface area contributed by atoms with E-state index >= 15 is 0 Å². The molecule has 1 aromatic heterocycles. The van der Waals surface area contributed by atoms with E-state index in [4.69, 9.17) is 9.26 Å². The molecule has 0 amide bonds. The van der Waals surface area contributed by atoms with Crippen molar-refractivity contribution in [1.82, 2.24) is 15.8 Å². The summed E-state index contributed by atoms with van der Waals surface area (Å²) in [6.45, 7) is 8.93. The van der Waals surface area contributed by atoms with Crippen LogP contribution in [0.15, 0.2) is 52.0 Å². The van der Waals surface area contributed by atoms with Crippen LogP contribution >= 0.6 is 24.0 Å². The Balaban J connectivity index is 0.00000320. The third-order valence-electron chi connectivity index (χ3n) is 4.75. The predicted octanol–water partition coefficient (Wildman–Crippen LogP) is 4.63. The number of nitrogens with zero attached hydrogens (tertiary/aromatic N) is 2. The number of guanidine groups is 1. The minimum Gasteiger partial charge on any atom is -0.494 e. The van der Waals surface area contributed by atoms with Crippen molar-refractivity contribution in [3.05, 3.63) is 59.5 Å². The van der Waals surface area contributed by atoms with Gasteiger partial charge in [-0.1, -0.05) is 35.5 Å². The van der Waals surface area contributed by atoms with Crippen molar-refractivity contribution in [3.63, 3.8) is 0 Å². The van der Waals surface area contributed by atoms with Gasteiger partial charge in [0.05, 0.1) is 12.3 Å². The summed E-state index contributed by atoms with van der Waals surface area (Å²) in [6.07, 6.45) is 1.71. The molecule has 2 aromatic carbocycles. The highest BCUT2D eigenvalue weighted by Crippen LogP contribution is 2.20. The Morgan fingerprint density at radius 3 is 2.63 bits per heavy atom. The maximum absolute atomic E-state index is 5.88. The number of aliphatic imine (C=N–C) groups is 1. The van der Waals surface area contributed by atoms with E-state index in [-0.39, 0.29) is 24.0 Å². The normalized spacial score (nSPS) is 11.2. The second kappa shape index (κ2) is 12.4. The molecular weight excluding hydrogens is 491 g/mol. The van der Waals surface area contributed by atoms with Crippen molar-refractivity contribution in [2.45, 2.75) is 33.6 Å². The molecule has 30 heavy (non-hydrogen) atoms. The second-order valence-corrected chi connectivity index (χ2v) is 6.95. The van der Waals surface area contributed by atoms with E-state index in [9.17, 15) is 0 Å². The Kier molecular flexibility index (Phi) is 9.93. The van der Waals surface area contributed by atoms with Gasteiger partial charge < -0.3 is 19.9 Å². The second-order valence-electron chi connectivity index (χ2n) is 6.95. The number of fused-ring (bicyclic) bond motifs is 1. The van der Waals surface area contributed by atoms with Gasteiger partial charge in [0.1, 0.15) is 11.5 Å². The van der Waals surface area contributed by atoms with Crippen LogP contribution in [0.4, 0.5) is 0 Å². The largest absolute Gasteiger partial charge is 0.494 e. The van der Waals surface area contributed by atoms with Gasteiger partial charge in [0.25, 0.3) is 0 Å². The summed E-state index contributed by atoms with van der Waals surface area (Å²) in [4.78, 5) is 4.63. The van der Waals surface area contributed by atoms with E-state index in [1.165, 1.54) is 10.8 Å². The first-order chi connectivity index (χ1) is 14.2. The van der Waals surface area contributed by atoms with Crippen molar-refractivity contribution in [3.8, 4) is 5.75 Å². The number of hydrogen-bond donors (Lipinski definition) is 2. The molecule has 0 aliphatic rings. The Morgan fingerprint density at radius 2 is 1.90 bits per heavy atom. The molecule has 0 radical (unpaired) electrons. The summed E-state index contributed by atoms with van der Waals surface area (Å²) >= 11 is 0. The van der Waals surface area contributed by atoms with E-state index in [0.29, 0.717) is 13.2 Å². The van der Waals surface area contributed by atoms with Crippen LogP contribution in [0.5, 0.6) is 5.75 Å². The van der Waals surface area contributed by atoms with Gasteiger partial charge in [0, 0.05) is 31.6 Å². The van der Waals surface area contributed by atoms with Gasteiger partial charge in [-0.15, -0.1) is 24.0 Å². The summed E-state index contributed by atoms with van der Waals surface area (Å²) in [7, 11) is 0. The minimum atomic E-state index is 0. The molecule has 0 fully saturated rings. The van der Waals surface area contributed by atoms with Gasteiger partial charge in [-0.25, -0.2) is 0 Å².